The monoisotopic (exact) mass is 282 g/mol. The Bertz CT molecular complexity index is 650. The van der Waals surface area contributed by atoms with E-state index in [-0.39, 0.29) is 21.3 Å². The van der Waals surface area contributed by atoms with E-state index in [0.717, 1.165) is 30.1 Å². The minimum Gasteiger partial charge on any atom is -0.478 e. The molecule has 1 N–H and O–H groups in total. The molecule has 4 nitrogen and oxygen atoms in total. The molecule has 0 aliphatic heterocycles. The summed E-state index contributed by atoms with van der Waals surface area (Å²) in [5.41, 5.74) is 0.274. The van der Waals surface area contributed by atoms with Crippen molar-refractivity contribution in [1.82, 2.24) is 9.97 Å². The molecule has 98 valence electrons. The van der Waals surface area contributed by atoms with Gasteiger partial charge in [-0.2, -0.15) is 0 Å². The molecule has 0 spiro atoms. The third kappa shape index (κ3) is 3.05. The number of carboxylic acids is 1. The highest BCUT2D eigenvalue weighted by Gasteiger charge is 2.12. The first-order chi connectivity index (χ1) is 8.97. The van der Waals surface area contributed by atoms with Crippen LogP contribution in [0.15, 0.2) is 34.4 Å². The molecule has 0 saturated heterocycles. The molecule has 2 aromatic rings. The predicted molar refractivity (Wildman–Crippen MR) is 64.2 cm³/mol. The van der Waals surface area contributed by atoms with Crippen LogP contribution in [0.2, 0.25) is 0 Å². The Morgan fingerprint density at radius 3 is 2.68 bits per heavy atom. The lowest BCUT2D eigenvalue weighted by Crippen LogP contribution is -2.03. The lowest BCUT2D eigenvalue weighted by Gasteiger charge is -2.04. The summed E-state index contributed by atoms with van der Waals surface area (Å²) < 4.78 is 26.2. The van der Waals surface area contributed by atoms with Gasteiger partial charge >= 0.3 is 5.97 Å². The molecule has 0 saturated carbocycles. The quantitative estimate of drug-likeness (QED) is 0.877. The van der Waals surface area contributed by atoms with Crippen molar-refractivity contribution in [3.05, 3.63) is 47.3 Å². The zero-order valence-electron chi connectivity index (χ0n) is 9.72. The van der Waals surface area contributed by atoms with Crippen LogP contribution >= 0.6 is 11.8 Å². The van der Waals surface area contributed by atoms with Crippen LogP contribution < -0.4 is 0 Å². The molecular formula is C12H8F2N2O2S. The first-order valence-electron chi connectivity index (χ1n) is 5.17. The number of rotatable bonds is 3. The van der Waals surface area contributed by atoms with Crippen molar-refractivity contribution >= 4 is 17.7 Å². The third-order valence-corrected chi connectivity index (χ3v) is 3.21. The molecule has 0 aliphatic carbocycles. The molecule has 1 aromatic carbocycles. The molecular weight excluding hydrogens is 274 g/mol. The SMILES string of the molecule is Cc1nc(Sc2ccc(F)cc2F)ncc1C(=O)O. The number of halogens is 2. The molecule has 0 atom stereocenters. The molecule has 0 bridgehead atoms. The van der Waals surface area contributed by atoms with Gasteiger partial charge in [-0.25, -0.2) is 23.5 Å². The van der Waals surface area contributed by atoms with E-state index in [1.807, 2.05) is 0 Å². The summed E-state index contributed by atoms with van der Waals surface area (Å²) >= 11 is 0.901. The van der Waals surface area contributed by atoms with Crippen LogP contribution in [0.4, 0.5) is 8.78 Å². The molecule has 0 radical (unpaired) electrons. The maximum atomic E-state index is 13.4. The van der Waals surface area contributed by atoms with Crippen LogP contribution in [0, 0.1) is 18.6 Å². The smallest absolute Gasteiger partial charge is 0.339 e. The van der Waals surface area contributed by atoms with Crippen LogP contribution in [0.1, 0.15) is 16.1 Å². The van der Waals surface area contributed by atoms with Crippen molar-refractivity contribution in [1.29, 1.82) is 0 Å². The fourth-order valence-corrected chi connectivity index (χ4v) is 2.14. The normalized spacial score (nSPS) is 10.5. The summed E-state index contributed by atoms with van der Waals surface area (Å²) in [6.45, 7) is 1.52. The summed E-state index contributed by atoms with van der Waals surface area (Å²) in [5.74, 6) is -2.50. The Hall–Kier alpha value is -2.02. The van der Waals surface area contributed by atoms with E-state index in [0.29, 0.717) is 0 Å². The fourth-order valence-electron chi connectivity index (χ4n) is 1.36. The number of hydrogen-bond donors (Lipinski definition) is 1. The van der Waals surface area contributed by atoms with Crippen molar-refractivity contribution in [2.75, 3.05) is 0 Å². The number of carboxylic acid groups (broad SMARTS) is 1. The van der Waals surface area contributed by atoms with E-state index in [2.05, 4.69) is 9.97 Å². The molecule has 1 heterocycles. The summed E-state index contributed by atoms with van der Waals surface area (Å²) in [7, 11) is 0. The summed E-state index contributed by atoms with van der Waals surface area (Å²) in [6, 6.07) is 3.17. The summed E-state index contributed by atoms with van der Waals surface area (Å²) in [4.78, 5) is 18.8. The second kappa shape index (κ2) is 5.31. The van der Waals surface area contributed by atoms with Gasteiger partial charge in [-0.15, -0.1) is 0 Å². The Labute approximate surface area is 111 Å². The average molecular weight is 282 g/mol. The van der Waals surface area contributed by atoms with Gasteiger partial charge in [0.2, 0.25) is 0 Å². The number of nitrogens with zero attached hydrogens (tertiary/aromatic N) is 2. The van der Waals surface area contributed by atoms with Gasteiger partial charge in [0, 0.05) is 12.3 Å². The van der Waals surface area contributed by atoms with Gasteiger partial charge in [-0.05, 0) is 30.8 Å². The summed E-state index contributed by atoms with van der Waals surface area (Å²) in [6.07, 6.45) is 1.16. The maximum absolute atomic E-state index is 13.4. The molecule has 7 heteroatoms. The minimum atomic E-state index is -1.12. The first-order valence-corrected chi connectivity index (χ1v) is 5.99. The highest BCUT2D eigenvalue weighted by Crippen LogP contribution is 2.27. The maximum Gasteiger partial charge on any atom is 0.339 e. The molecule has 0 aliphatic rings. The van der Waals surface area contributed by atoms with E-state index < -0.39 is 17.6 Å². The van der Waals surface area contributed by atoms with E-state index in [1.54, 1.807) is 0 Å². The van der Waals surface area contributed by atoms with Gasteiger partial charge in [0.15, 0.2) is 5.16 Å². The Balaban J connectivity index is 2.29. The number of aromatic nitrogens is 2. The van der Waals surface area contributed by atoms with Gasteiger partial charge in [0.05, 0.1) is 16.2 Å². The summed E-state index contributed by atoms with van der Waals surface area (Å²) in [5, 5.41) is 9.03. The minimum absolute atomic E-state index is 0.0103. The highest BCUT2D eigenvalue weighted by molar-refractivity contribution is 7.99. The van der Waals surface area contributed by atoms with E-state index in [4.69, 9.17) is 5.11 Å². The predicted octanol–water partition coefficient (Wildman–Crippen LogP) is 2.91. The van der Waals surface area contributed by atoms with Crippen LogP contribution in [-0.4, -0.2) is 21.0 Å². The molecule has 19 heavy (non-hydrogen) atoms. The van der Waals surface area contributed by atoms with Crippen LogP contribution in [-0.2, 0) is 0 Å². The average Bonchev–Trinajstić information content (AvgIpc) is 2.32. The Kier molecular flexibility index (Phi) is 3.75. The second-order valence-electron chi connectivity index (χ2n) is 3.63. The second-order valence-corrected chi connectivity index (χ2v) is 4.64. The van der Waals surface area contributed by atoms with Crippen LogP contribution in [0.3, 0.4) is 0 Å². The number of benzene rings is 1. The molecule has 1 aromatic heterocycles. The van der Waals surface area contributed by atoms with Gasteiger partial charge in [0.25, 0.3) is 0 Å². The standard InChI is InChI=1S/C12H8F2N2O2S/c1-6-8(11(17)18)5-15-12(16-6)19-10-3-2-7(13)4-9(10)14/h2-5H,1H3,(H,17,18). The topological polar surface area (TPSA) is 63.1 Å². The number of hydrogen-bond acceptors (Lipinski definition) is 4. The number of aryl methyl sites for hydroxylation is 1. The Morgan fingerprint density at radius 2 is 2.11 bits per heavy atom. The van der Waals surface area contributed by atoms with E-state index in [9.17, 15) is 13.6 Å². The largest absolute Gasteiger partial charge is 0.478 e. The van der Waals surface area contributed by atoms with Gasteiger partial charge in [-0.3, -0.25) is 0 Å². The van der Waals surface area contributed by atoms with E-state index >= 15 is 0 Å². The zero-order valence-corrected chi connectivity index (χ0v) is 10.5. The lowest BCUT2D eigenvalue weighted by atomic mass is 10.2. The molecule has 0 fully saturated rings. The molecule has 0 unspecified atom stereocenters. The third-order valence-electron chi connectivity index (χ3n) is 2.28. The zero-order chi connectivity index (χ0) is 14.0. The van der Waals surface area contributed by atoms with Crippen molar-refractivity contribution in [3.8, 4) is 0 Å². The highest BCUT2D eigenvalue weighted by atomic mass is 32.2. The molecule has 0 amide bonds. The van der Waals surface area contributed by atoms with E-state index in [1.165, 1.54) is 13.0 Å². The first kappa shape index (κ1) is 13.4. The van der Waals surface area contributed by atoms with Gasteiger partial charge in [-0.1, -0.05) is 0 Å². The van der Waals surface area contributed by atoms with Crippen molar-refractivity contribution in [2.24, 2.45) is 0 Å². The van der Waals surface area contributed by atoms with Gasteiger partial charge < -0.3 is 5.11 Å². The van der Waals surface area contributed by atoms with Crippen molar-refractivity contribution in [2.45, 2.75) is 17.0 Å². The lowest BCUT2D eigenvalue weighted by molar-refractivity contribution is 0.0695. The number of aromatic carboxylic acids is 1. The van der Waals surface area contributed by atoms with Gasteiger partial charge in [0.1, 0.15) is 11.6 Å². The van der Waals surface area contributed by atoms with Crippen LogP contribution in [0.25, 0.3) is 0 Å². The number of carbonyl (C=O) groups is 1. The van der Waals surface area contributed by atoms with Crippen molar-refractivity contribution in [3.63, 3.8) is 0 Å². The fraction of sp³-hybridized carbons (Fsp3) is 0.0833. The van der Waals surface area contributed by atoms with Crippen molar-refractivity contribution < 1.29 is 18.7 Å². The molecule has 2 rings (SSSR count). The van der Waals surface area contributed by atoms with Crippen LogP contribution in [0.5, 0.6) is 0 Å². The Morgan fingerprint density at radius 1 is 1.37 bits per heavy atom.